The van der Waals surface area contributed by atoms with Crippen LogP contribution in [-0.4, -0.2) is 42.2 Å². The molecule has 1 aromatic carbocycles. The number of nitrogen functional groups attached to an aromatic ring is 1. The Morgan fingerprint density at radius 2 is 2.06 bits per heavy atom. The van der Waals surface area contributed by atoms with Gasteiger partial charge in [-0.05, 0) is 30.2 Å². The monoisotopic (exact) mass is 420 g/mol. The minimum absolute atomic E-state index is 0.0231. The number of hydrogen-bond donors (Lipinski definition) is 2. The molecule has 0 aliphatic heterocycles. The second kappa shape index (κ2) is 8.32. The Kier molecular flexibility index (Phi) is 5.57. The molecule has 9 heteroatoms. The second-order valence-corrected chi connectivity index (χ2v) is 8.00. The lowest BCUT2D eigenvalue weighted by Gasteiger charge is -2.12. The van der Waals surface area contributed by atoms with Crippen LogP contribution in [0.3, 0.4) is 0 Å². The van der Waals surface area contributed by atoms with Crippen molar-refractivity contribution in [2.45, 2.75) is 26.8 Å². The van der Waals surface area contributed by atoms with Crippen molar-refractivity contribution < 1.29 is 4.39 Å². The van der Waals surface area contributed by atoms with E-state index in [1.807, 2.05) is 28.3 Å². The highest BCUT2D eigenvalue weighted by Crippen LogP contribution is 2.24. The molecule has 0 aliphatic rings. The molecule has 4 aromatic rings. The van der Waals surface area contributed by atoms with Crippen LogP contribution in [0.4, 0.5) is 10.2 Å². The molecule has 0 unspecified atom stereocenters. The number of hydrogen-bond acceptors (Lipinski definition) is 6. The molecule has 160 valence electrons. The maximum Gasteiger partial charge on any atom is 0.312 e. The van der Waals surface area contributed by atoms with E-state index in [9.17, 15) is 4.39 Å². The molecule has 0 atom stereocenters. The van der Waals surface area contributed by atoms with E-state index in [2.05, 4.69) is 45.0 Å². The molecule has 0 spiro atoms. The van der Waals surface area contributed by atoms with Gasteiger partial charge in [0.05, 0.1) is 17.4 Å². The summed E-state index contributed by atoms with van der Waals surface area (Å²) in [6.07, 6.45) is 7.11. The van der Waals surface area contributed by atoms with Crippen LogP contribution < -0.4 is 11.1 Å². The summed E-state index contributed by atoms with van der Waals surface area (Å²) in [5.74, 6) is 4.00. The van der Waals surface area contributed by atoms with Crippen LogP contribution in [0.5, 0.6) is 0 Å². The number of anilines is 1. The SMILES string of the molecule is C#Cc1cc2c(cc1Cc1nc3c(N)nc(F)nc3n1CCNCC(C)C)ncn2C. The fraction of sp³-hybridized carbons (Fsp3) is 0.364. The summed E-state index contributed by atoms with van der Waals surface area (Å²) in [6.45, 7) is 6.41. The van der Waals surface area contributed by atoms with Crippen molar-refractivity contribution in [2.24, 2.45) is 13.0 Å². The summed E-state index contributed by atoms with van der Waals surface area (Å²) in [4.78, 5) is 16.7. The van der Waals surface area contributed by atoms with Gasteiger partial charge in [-0.1, -0.05) is 19.8 Å². The van der Waals surface area contributed by atoms with E-state index in [0.717, 1.165) is 28.7 Å². The molecule has 0 amide bonds. The normalized spacial score (nSPS) is 11.6. The summed E-state index contributed by atoms with van der Waals surface area (Å²) in [5.41, 5.74) is 10.2. The Hall–Kier alpha value is -3.51. The number of halogens is 1. The van der Waals surface area contributed by atoms with E-state index in [4.69, 9.17) is 12.2 Å². The van der Waals surface area contributed by atoms with Crippen molar-refractivity contribution >= 4 is 28.0 Å². The molecular weight excluding hydrogens is 395 g/mol. The number of rotatable bonds is 7. The number of nitrogens with zero attached hydrogens (tertiary/aromatic N) is 6. The van der Waals surface area contributed by atoms with Crippen LogP contribution in [0.1, 0.15) is 30.8 Å². The zero-order valence-electron chi connectivity index (χ0n) is 17.9. The van der Waals surface area contributed by atoms with Crippen molar-refractivity contribution in [3.8, 4) is 12.3 Å². The Morgan fingerprint density at radius 1 is 1.26 bits per heavy atom. The maximum atomic E-state index is 13.9. The van der Waals surface area contributed by atoms with E-state index in [1.54, 1.807) is 6.33 Å². The number of nitrogens with one attached hydrogen (secondary N) is 1. The van der Waals surface area contributed by atoms with Crippen LogP contribution >= 0.6 is 0 Å². The lowest BCUT2D eigenvalue weighted by atomic mass is 10.0. The predicted octanol–water partition coefficient (Wildman–Crippen LogP) is 2.25. The van der Waals surface area contributed by atoms with E-state index >= 15 is 0 Å². The number of imidazole rings is 2. The van der Waals surface area contributed by atoms with Crippen LogP contribution in [0.15, 0.2) is 18.5 Å². The van der Waals surface area contributed by atoms with Gasteiger partial charge in [-0.3, -0.25) is 0 Å². The number of fused-ring (bicyclic) bond motifs is 2. The predicted molar refractivity (Wildman–Crippen MR) is 119 cm³/mol. The Labute approximate surface area is 179 Å². The van der Waals surface area contributed by atoms with Gasteiger partial charge in [0.25, 0.3) is 0 Å². The quantitative estimate of drug-likeness (QED) is 0.270. The van der Waals surface area contributed by atoms with E-state index in [-0.39, 0.29) is 5.82 Å². The highest BCUT2D eigenvalue weighted by atomic mass is 19.1. The Balaban J connectivity index is 1.76. The molecule has 4 rings (SSSR count). The minimum atomic E-state index is -0.868. The fourth-order valence-electron chi connectivity index (χ4n) is 3.66. The largest absolute Gasteiger partial charge is 0.382 e. The van der Waals surface area contributed by atoms with Gasteiger partial charge in [0.2, 0.25) is 0 Å². The number of terminal acetylenes is 1. The standard InChI is InChI=1S/C22H25FN8/c1-5-14-9-17-16(26-12-30(17)4)8-15(14)10-18-27-19-20(24)28-22(23)29-21(19)31(18)7-6-25-11-13(2)3/h1,8-9,12-13,25H,6-7,10-11H2,2-4H3,(H2,24,28,29). The molecule has 3 N–H and O–H groups in total. The van der Waals surface area contributed by atoms with E-state index in [1.165, 1.54) is 0 Å². The third-order valence-electron chi connectivity index (χ3n) is 5.19. The van der Waals surface area contributed by atoms with Gasteiger partial charge < -0.3 is 20.2 Å². The first-order chi connectivity index (χ1) is 14.9. The lowest BCUT2D eigenvalue weighted by molar-refractivity contribution is 0.517. The molecule has 0 saturated heterocycles. The molecule has 3 aromatic heterocycles. The smallest absolute Gasteiger partial charge is 0.312 e. The summed E-state index contributed by atoms with van der Waals surface area (Å²) < 4.78 is 17.7. The maximum absolute atomic E-state index is 13.9. The minimum Gasteiger partial charge on any atom is -0.382 e. The first-order valence-electron chi connectivity index (χ1n) is 10.2. The van der Waals surface area contributed by atoms with Gasteiger partial charge in [-0.2, -0.15) is 14.4 Å². The van der Waals surface area contributed by atoms with Crippen molar-refractivity contribution in [2.75, 3.05) is 18.8 Å². The van der Waals surface area contributed by atoms with Gasteiger partial charge in [-0.25, -0.2) is 9.97 Å². The molecule has 0 fully saturated rings. The number of nitrogens with two attached hydrogens (primary N) is 1. The van der Waals surface area contributed by atoms with Gasteiger partial charge >= 0.3 is 6.08 Å². The van der Waals surface area contributed by atoms with Crippen molar-refractivity contribution in [1.29, 1.82) is 0 Å². The number of aryl methyl sites for hydroxylation is 1. The average Bonchev–Trinajstić information content (AvgIpc) is 3.25. The Bertz CT molecular complexity index is 1290. The molecule has 0 radical (unpaired) electrons. The molecule has 31 heavy (non-hydrogen) atoms. The summed E-state index contributed by atoms with van der Waals surface area (Å²) >= 11 is 0. The summed E-state index contributed by atoms with van der Waals surface area (Å²) in [5, 5.41) is 3.40. The molecule has 8 nitrogen and oxygen atoms in total. The average molecular weight is 420 g/mol. The third-order valence-corrected chi connectivity index (χ3v) is 5.19. The second-order valence-electron chi connectivity index (χ2n) is 8.00. The zero-order chi connectivity index (χ0) is 22.1. The summed E-state index contributed by atoms with van der Waals surface area (Å²) in [6, 6.07) is 3.92. The van der Waals surface area contributed by atoms with Crippen LogP contribution in [0.25, 0.3) is 22.2 Å². The van der Waals surface area contributed by atoms with E-state index < -0.39 is 6.08 Å². The van der Waals surface area contributed by atoms with Crippen LogP contribution in [0, 0.1) is 24.3 Å². The van der Waals surface area contributed by atoms with Crippen LogP contribution in [0.2, 0.25) is 0 Å². The first kappa shape index (κ1) is 20.8. The zero-order valence-corrected chi connectivity index (χ0v) is 17.9. The summed E-state index contributed by atoms with van der Waals surface area (Å²) in [7, 11) is 1.93. The third kappa shape index (κ3) is 4.07. The number of benzene rings is 1. The van der Waals surface area contributed by atoms with Crippen molar-refractivity contribution in [1.82, 2.24) is 34.4 Å². The molecule has 0 bridgehead atoms. The Morgan fingerprint density at radius 3 is 2.81 bits per heavy atom. The molecule has 0 aliphatic carbocycles. The van der Waals surface area contributed by atoms with Gasteiger partial charge in [-0.15, -0.1) is 6.42 Å². The highest BCUT2D eigenvalue weighted by molar-refractivity contribution is 5.82. The van der Waals surface area contributed by atoms with Crippen molar-refractivity contribution in [3.63, 3.8) is 0 Å². The molecular formula is C22H25FN8. The molecule has 3 heterocycles. The highest BCUT2D eigenvalue weighted by Gasteiger charge is 2.18. The first-order valence-corrected chi connectivity index (χ1v) is 10.2. The topological polar surface area (TPSA) is 99.5 Å². The fourth-order valence-corrected chi connectivity index (χ4v) is 3.66. The van der Waals surface area contributed by atoms with Gasteiger partial charge in [0, 0.05) is 32.1 Å². The molecule has 0 saturated carbocycles. The van der Waals surface area contributed by atoms with Crippen molar-refractivity contribution in [3.05, 3.63) is 41.5 Å². The van der Waals surface area contributed by atoms with Crippen LogP contribution in [-0.2, 0) is 20.0 Å². The lowest BCUT2D eigenvalue weighted by Crippen LogP contribution is -2.25. The van der Waals surface area contributed by atoms with E-state index in [0.29, 0.717) is 42.4 Å². The van der Waals surface area contributed by atoms with Gasteiger partial charge in [0.1, 0.15) is 5.82 Å². The number of aromatic nitrogens is 6. The van der Waals surface area contributed by atoms with Gasteiger partial charge in [0.15, 0.2) is 17.0 Å².